The molecule has 2 N–H and O–H groups in total. The Balaban J connectivity index is 1.81. The summed E-state index contributed by atoms with van der Waals surface area (Å²) in [6.07, 6.45) is 0. The molecule has 5 heteroatoms. The summed E-state index contributed by atoms with van der Waals surface area (Å²) >= 11 is 0. The Morgan fingerprint density at radius 2 is 1.38 bits per heavy atom. The maximum Gasteiger partial charge on any atom is 0.261 e. The number of para-hydroxylation sites is 2. The summed E-state index contributed by atoms with van der Waals surface area (Å²) in [5, 5.41) is 3.37. The first-order valence-electron chi connectivity index (χ1n) is 8.42. The van der Waals surface area contributed by atoms with Crippen molar-refractivity contribution < 1.29 is 8.42 Å². The fraction of sp³-hybridized carbons (Fsp3) is 0.143. The minimum atomic E-state index is -3.62. The van der Waals surface area contributed by atoms with E-state index in [9.17, 15) is 8.42 Å². The number of benzene rings is 3. The van der Waals surface area contributed by atoms with Crippen molar-refractivity contribution in [1.82, 2.24) is 0 Å². The first-order chi connectivity index (χ1) is 12.5. The van der Waals surface area contributed by atoms with Gasteiger partial charge in [-0.3, -0.25) is 4.72 Å². The molecule has 0 aliphatic heterocycles. The largest absolute Gasteiger partial charge is 0.381 e. The Hall–Kier alpha value is -2.79. The molecule has 0 unspecified atom stereocenters. The molecule has 0 radical (unpaired) electrons. The molecule has 0 saturated carbocycles. The third-order valence-electron chi connectivity index (χ3n) is 4.21. The van der Waals surface area contributed by atoms with Crippen LogP contribution < -0.4 is 10.0 Å². The lowest BCUT2D eigenvalue weighted by atomic mass is 10.1. The molecule has 4 nitrogen and oxygen atoms in total. The summed E-state index contributed by atoms with van der Waals surface area (Å²) in [6, 6.07) is 22.2. The SMILES string of the molecule is Cc1ccc(S(=O)(=O)Nc2ccccc2CNc2ccccc2C)cc1. The van der Waals surface area contributed by atoms with Crippen LogP contribution in [0.5, 0.6) is 0 Å². The van der Waals surface area contributed by atoms with Gasteiger partial charge in [-0.1, -0.05) is 54.1 Å². The Morgan fingerprint density at radius 3 is 2.08 bits per heavy atom. The highest BCUT2D eigenvalue weighted by Gasteiger charge is 2.15. The Kier molecular flexibility index (Phi) is 5.28. The van der Waals surface area contributed by atoms with Gasteiger partial charge in [-0.05, 0) is 49.2 Å². The monoisotopic (exact) mass is 366 g/mol. The van der Waals surface area contributed by atoms with Gasteiger partial charge in [0.25, 0.3) is 10.0 Å². The number of hydrogen-bond donors (Lipinski definition) is 2. The zero-order valence-corrected chi connectivity index (χ0v) is 15.7. The van der Waals surface area contributed by atoms with Crippen molar-refractivity contribution in [2.45, 2.75) is 25.3 Å². The molecule has 3 aromatic rings. The van der Waals surface area contributed by atoms with E-state index in [2.05, 4.69) is 10.0 Å². The summed E-state index contributed by atoms with van der Waals surface area (Å²) in [6.45, 7) is 4.49. The average molecular weight is 366 g/mol. The van der Waals surface area contributed by atoms with E-state index in [1.807, 2.05) is 56.3 Å². The van der Waals surface area contributed by atoms with Gasteiger partial charge in [0.1, 0.15) is 0 Å². The van der Waals surface area contributed by atoms with E-state index in [4.69, 9.17) is 0 Å². The molecule has 134 valence electrons. The van der Waals surface area contributed by atoms with Gasteiger partial charge in [0, 0.05) is 12.2 Å². The van der Waals surface area contributed by atoms with Crippen LogP contribution in [0.4, 0.5) is 11.4 Å². The van der Waals surface area contributed by atoms with Crippen LogP contribution in [0.15, 0.2) is 77.7 Å². The number of anilines is 2. The van der Waals surface area contributed by atoms with E-state index in [1.54, 1.807) is 30.3 Å². The van der Waals surface area contributed by atoms with E-state index in [1.165, 1.54) is 0 Å². The number of nitrogens with one attached hydrogen (secondary N) is 2. The summed E-state index contributed by atoms with van der Waals surface area (Å²) in [7, 11) is -3.62. The van der Waals surface area contributed by atoms with Crippen molar-refractivity contribution in [3.63, 3.8) is 0 Å². The van der Waals surface area contributed by atoms with E-state index in [0.29, 0.717) is 12.2 Å². The van der Waals surface area contributed by atoms with Gasteiger partial charge in [0.15, 0.2) is 0 Å². The Labute approximate surface area is 155 Å². The van der Waals surface area contributed by atoms with Crippen LogP contribution in [0.1, 0.15) is 16.7 Å². The zero-order chi connectivity index (χ0) is 18.6. The molecule has 0 amide bonds. The zero-order valence-electron chi connectivity index (χ0n) is 14.9. The van der Waals surface area contributed by atoms with E-state index >= 15 is 0 Å². The lowest BCUT2D eigenvalue weighted by Crippen LogP contribution is -2.15. The molecular formula is C21H22N2O2S. The molecule has 0 heterocycles. The molecular weight excluding hydrogens is 344 g/mol. The smallest absolute Gasteiger partial charge is 0.261 e. The van der Waals surface area contributed by atoms with Crippen LogP contribution in [-0.4, -0.2) is 8.42 Å². The standard InChI is InChI=1S/C21H22N2O2S/c1-16-11-13-19(14-12-16)26(24,25)23-21-10-6-4-8-18(21)15-22-20-9-5-3-7-17(20)2/h3-14,22-23H,15H2,1-2H3. The van der Waals surface area contributed by atoms with Crippen LogP contribution in [-0.2, 0) is 16.6 Å². The fourth-order valence-corrected chi connectivity index (χ4v) is 3.76. The molecule has 3 aromatic carbocycles. The van der Waals surface area contributed by atoms with Gasteiger partial charge in [0.2, 0.25) is 0 Å². The second kappa shape index (κ2) is 7.62. The highest BCUT2D eigenvalue weighted by molar-refractivity contribution is 7.92. The molecule has 0 bridgehead atoms. The molecule has 3 rings (SSSR count). The predicted molar refractivity (Wildman–Crippen MR) is 107 cm³/mol. The van der Waals surface area contributed by atoms with Gasteiger partial charge in [-0.2, -0.15) is 0 Å². The fourth-order valence-electron chi connectivity index (χ4n) is 2.66. The van der Waals surface area contributed by atoms with Crippen molar-refractivity contribution in [2.24, 2.45) is 0 Å². The minimum absolute atomic E-state index is 0.254. The maximum atomic E-state index is 12.7. The quantitative estimate of drug-likeness (QED) is 0.664. The molecule has 0 fully saturated rings. The van der Waals surface area contributed by atoms with Crippen molar-refractivity contribution in [3.8, 4) is 0 Å². The lowest BCUT2D eigenvalue weighted by Gasteiger charge is -2.15. The van der Waals surface area contributed by atoms with Crippen LogP contribution in [0.2, 0.25) is 0 Å². The van der Waals surface area contributed by atoms with Crippen molar-refractivity contribution in [1.29, 1.82) is 0 Å². The predicted octanol–water partition coefficient (Wildman–Crippen LogP) is 4.72. The van der Waals surface area contributed by atoms with Crippen molar-refractivity contribution in [3.05, 3.63) is 89.5 Å². The summed E-state index contributed by atoms with van der Waals surface area (Å²) < 4.78 is 28.0. The van der Waals surface area contributed by atoms with E-state index in [-0.39, 0.29) is 4.90 Å². The number of hydrogen-bond acceptors (Lipinski definition) is 3. The van der Waals surface area contributed by atoms with Gasteiger partial charge in [-0.15, -0.1) is 0 Å². The second-order valence-corrected chi connectivity index (χ2v) is 7.93. The topological polar surface area (TPSA) is 58.2 Å². The number of aryl methyl sites for hydroxylation is 2. The normalized spacial score (nSPS) is 11.2. The number of rotatable bonds is 6. The maximum absolute atomic E-state index is 12.7. The van der Waals surface area contributed by atoms with Crippen LogP contribution in [0.25, 0.3) is 0 Å². The summed E-state index contributed by atoms with van der Waals surface area (Å²) in [5.41, 5.74) is 4.65. The first kappa shape index (κ1) is 18.0. The first-order valence-corrected chi connectivity index (χ1v) is 9.91. The van der Waals surface area contributed by atoms with Gasteiger partial charge in [0.05, 0.1) is 10.6 Å². The Bertz CT molecular complexity index is 997. The van der Waals surface area contributed by atoms with Crippen molar-refractivity contribution >= 4 is 21.4 Å². The lowest BCUT2D eigenvalue weighted by molar-refractivity contribution is 0.601. The molecule has 0 aliphatic rings. The second-order valence-electron chi connectivity index (χ2n) is 6.24. The highest BCUT2D eigenvalue weighted by atomic mass is 32.2. The van der Waals surface area contributed by atoms with Crippen molar-refractivity contribution in [2.75, 3.05) is 10.0 Å². The van der Waals surface area contributed by atoms with Crippen LogP contribution >= 0.6 is 0 Å². The summed E-state index contributed by atoms with van der Waals surface area (Å²) in [4.78, 5) is 0.254. The third-order valence-corrected chi connectivity index (χ3v) is 5.59. The molecule has 0 saturated heterocycles. The molecule has 0 atom stereocenters. The van der Waals surface area contributed by atoms with Gasteiger partial charge >= 0.3 is 0 Å². The van der Waals surface area contributed by atoms with E-state index in [0.717, 1.165) is 22.4 Å². The van der Waals surface area contributed by atoms with Crippen LogP contribution in [0, 0.1) is 13.8 Å². The Morgan fingerprint density at radius 1 is 0.769 bits per heavy atom. The molecule has 0 spiro atoms. The van der Waals surface area contributed by atoms with Gasteiger partial charge in [-0.25, -0.2) is 8.42 Å². The van der Waals surface area contributed by atoms with Gasteiger partial charge < -0.3 is 5.32 Å². The summed E-state index contributed by atoms with van der Waals surface area (Å²) in [5.74, 6) is 0. The molecule has 0 aromatic heterocycles. The van der Waals surface area contributed by atoms with E-state index < -0.39 is 10.0 Å². The highest BCUT2D eigenvalue weighted by Crippen LogP contribution is 2.22. The third kappa shape index (κ3) is 4.24. The van der Waals surface area contributed by atoms with Crippen LogP contribution in [0.3, 0.4) is 0 Å². The average Bonchev–Trinajstić information content (AvgIpc) is 2.62. The molecule has 0 aliphatic carbocycles. The minimum Gasteiger partial charge on any atom is -0.381 e. The molecule has 26 heavy (non-hydrogen) atoms. The number of sulfonamides is 1.